The Hall–Kier alpha value is -1.59. The Labute approximate surface area is 119 Å². The van der Waals surface area contributed by atoms with Gasteiger partial charge in [0.05, 0.1) is 0 Å². The third kappa shape index (κ3) is 3.29. The van der Waals surface area contributed by atoms with Crippen LogP contribution in [0.5, 0.6) is 0 Å². The van der Waals surface area contributed by atoms with Crippen LogP contribution in [-0.2, 0) is 14.4 Å². The summed E-state index contributed by atoms with van der Waals surface area (Å²) in [6.07, 6.45) is 3.92. The standard InChI is InChI=1S/C14H23N3O3/c1-10-11(8-12(10)16-9-18)14(20)15-5-4-13(19)17-6-2-3-7-17/h9-12H,2-8H2,1H3,(H,15,20)(H,16,18). The number of carbonyl (C=O) groups is 3. The minimum atomic E-state index is -0.0469. The lowest BCUT2D eigenvalue weighted by Crippen LogP contribution is -2.54. The van der Waals surface area contributed by atoms with E-state index >= 15 is 0 Å². The van der Waals surface area contributed by atoms with Crippen LogP contribution in [0.3, 0.4) is 0 Å². The zero-order valence-corrected chi connectivity index (χ0v) is 11.9. The quantitative estimate of drug-likeness (QED) is 0.667. The number of hydrogen-bond acceptors (Lipinski definition) is 3. The zero-order chi connectivity index (χ0) is 14.5. The molecule has 2 fully saturated rings. The normalized spacial score (nSPS) is 28.6. The molecule has 0 aromatic rings. The Morgan fingerprint density at radius 2 is 2.00 bits per heavy atom. The van der Waals surface area contributed by atoms with Crippen LogP contribution in [0.2, 0.25) is 0 Å². The summed E-state index contributed by atoms with van der Waals surface area (Å²) in [5.41, 5.74) is 0. The van der Waals surface area contributed by atoms with Crippen molar-refractivity contribution in [2.75, 3.05) is 19.6 Å². The van der Waals surface area contributed by atoms with Gasteiger partial charge in [-0.1, -0.05) is 6.92 Å². The summed E-state index contributed by atoms with van der Waals surface area (Å²) in [6, 6.07) is 0.106. The summed E-state index contributed by atoms with van der Waals surface area (Å²) in [4.78, 5) is 36.0. The van der Waals surface area contributed by atoms with E-state index in [2.05, 4.69) is 10.6 Å². The summed E-state index contributed by atoms with van der Waals surface area (Å²) < 4.78 is 0. The minimum Gasteiger partial charge on any atom is -0.356 e. The van der Waals surface area contributed by atoms with Gasteiger partial charge in [0.2, 0.25) is 18.2 Å². The molecule has 6 nitrogen and oxygen atoms in total. The van der Waals surface area contributed by atoms with Crippen LogP contribution in [0.25, 0.3) is 0 Å². The third-order valence-electron chi connectivity index (χ3n) is 4.49. The Balaban J connectivity index is 1.63. The molecule has 0 aromatic heterocycles. The maximum absolute atomic E-state index is 11.9. The Morgan fingerprint density at radius 1 is 1.30 bits per heavy atom. The van der Waals surface area contributed by atoms with Crippen molar-refractivity contribution in [3.63, 3.8) is 0 Å². The first-order chi connectivity index (χ1) is 9.63. The van der Waals surface area contributed by atoms with Crippen LogP contribution >= 0.6 is 0 Å². The van der Waals surface area contributed by atoms with Crippen molar-refractivity contribution in [1.29, 1.82) is 0 Å². The molecular formula is C14H23N3O3. The molecule has 1 saturated carbocycles. The SMILES string of the molecule is CC1C(NC=O)CC1C(=O)NCCC(=O)N1CCCC1. The van der Waals surface area contributed by atoms with Crippen LogP contribution in [0.1, 0.15) is 32.6 Å². The van der Waals surface area contributed by atoms with Crippen molar-refractivity contribution in [1.82, 2.24) is 15.5 Å². The van der Waals surface area contributed by atoms with Gasteiger partial charge in [-0.05, 0) is 25.2 Å². The summed E-state index contributed by atoms with van der Waals surface area (Å²) in [5, 5.41) is 5.54. The highest BCUT2D eigenvalue weighted by Crippen LogP contribution is 2.34. The predicted molar refractivity (Wildman–Crippen MR) is 73.7 cm³/mol. The van der Waals surface area contributed by atoms with Gasteiger partial charge in [0.1, 0.15) is 0 Å². The monoisotopic (exact) mass is 281 g/mol. The van der Waals surface area contributed by atoms with Crippen molar-refractivity contribution in [3.8, 4) is 0 Å². The molecule has 3 unspecified atom stereocenters. The molecule has 20 heavy (non-hydrogen) atoms. The van der Waals surface area contributed by atoms with E-state index in [1.54, 1.807) is 0 Å². The molecule has 2 rings (SSSR count). The lowest BCUT2D eigenvalue weighted by atomic mass is 9.70. The van der Waals surface area contributed by atoms with Gasteiger partial charge in [0.15, 0.2) is 0 Å². The first-order valence-corrected chi connectivity index (χ1v) is 7.38. The summed E-state index contributed by atoms with van der Waals surface area (Å²) >= 11 is 0. The van der Waals surface area contributed by atoms with Crippen molar-refractivity contribution < 1.29 is 14.4 Å². The second-order valence-corrected chi connectivity index (χ2v) is 5.72. The molecule has 1 aliphatic carbocycles. The fraction of sp³-hybridized carbons (Fsp3) is 0.786. The second kappa shape index (κ2) is 6.72. The van der Waals surface area contributed by atoms with Gasteiger partial charge >= 0.3 is 0 Å². The van der Waals surface area contributed by atoms with Crippen LogP contribution in [0.15, 0.2) is 0 Å². The maximum atomic E-state index is 11.9. The molecule has 0 spiro atoms. The van der Waals surface area contributed by atoms with E-state index < -0.39 is 0 Å². The van der Waals surface area contributed by atoms with Crippen molar-refractivity contribution in [3.05, 3.63) is 0 Å². The van der Waals surface area contributed by atoms with E-state index in [-0.39, 0.29) is 29.7 Å². The number of likely N-dealkylation sites (tertiary alicyclic amines) is 1. The van der Waals surface area contributed by atoms with Crippen molar-refractivity contribution >= 4 is 18.2 Å². The number of nitrogens with zero attached hydrogens (tertiary/aromatic N) is 1. The van der Waals surface area contributed by atoms with Crippen molar-refractivity contribution in [2.45, 2.75) is 38.6 Å². The number of nitrogens with one attached hydrogen (secondary N) is 2. The molecule has 6 heteroatoms. The summed E-state index contributed by atoms with van der Waals surface area (Å²) in [6.45, 7) is 4.07. The number of hydrogen-bond donors (Lipinski definition) is 2. The van der Waals surface area contributed by atoms with E-state index in [4.69, 9.17) is 0 Å². The third-order valence-corrected chi connectivity index (χ3v) is 4.49. The highest BCUT2D eigenvalue weighted by Gasteiger charge is 2.41. The zero-order valence-electron chi connectivity index (χ0n) is 11.9. The van der Waals surface area contributed by atoms with Gasteiger partial charge in [0.25, 0.3) is 0 Å². The Bertz CT molecular complexity index is 380. The van der Waals surface area contributed by atoms with Crippen molar-refractivity contribution in [2.24, 2.45) is 11.8 Å². The number of amides is 3. The van der Waals surface area contributed by atoms with Crippen LogP contribution in [-0.4, -0.2) is 48.8 Å². The minimum absolute atomic E-state index is 0.00401. The van der Waals surface area contributed by atoms with E-state index in [9.17, 15) is 14.4 Å². The smallest absolute Gasteiger partial charge is 0.224 e. The van der Waals surface area contributed by atoms with Gasteiger partial charge in [-0.3, -0.25) is 14.4 Å². The highest BCUT2D eigenvalue weighted by atomic mass is 16.2. The average molecular weight is 281 g/mol. The first kappa shape index (κ1) is 14.8. The van der Waals surface area contributed by atoms with Gasteiger partial charge in [-0.15, -0.1) is 0 Å². The highest BCUT2D eigenvalue weighted by molar-refractivity contribution is 5.81. The van der Waals surface area contributed by atoms with E-state index in [0.717, 1.165) is 25.9 Å². The fourth-order valence-corrected chi connectivity index (χ4v) is 2.99. The number of rotatable bonds is 6. The van der Waals surface area contributed by atoms with E-state index in [1.165, 1.54) is 0 Å². The molecule has 0 radical (unpaired) electrons. The molecule has 0 bridgehead atoms. The molecule has 1 heterocycles. The molecule has 2 aliphatic rings. The van der Waals surface area contributed by atoms with E-state index in [0.29, 0.717) is 25.8 Å². The predicted octanol–water partition coefficient (Wildman–Crippen LogP) is -0.114. The molecule has 112 valence electrons. The number of carbonyl (C=O) groups excluding carboxylic acids is 3. The van der Waals surface area contributed by atoms with E-state index in [1.807, 2.05) is 11.8 Å². The Kier molecular flexibility index (Phi) is 4.98. The largest absolute Gasteiger partial charge is 0.356 e. The molecular weight excluding hydrogens is 258 g/mol. The topological polar surface area (TPSA) is 78.5 Å². The maximum Gasteiger partial charge on any atom is 0.224 e. The molecule has 3 amide bonds. The lowest BCUT2D eigenvalue weighted by Gasteiger charge is -2.41. The molecule has 2 N–H and O–H groups in total. The second-order valence-electron chi connectivity index (χ2n) is 5.72. The van der Waals surface area contributed by atoms with Crippen LogP contribution in [0.4, 0.5) is 0 Å². The Morgan fingerprint density at radius 3 is 2.60 bits per heavy atom. The molecule has 3 atom stereocenters. The lowest BCUT2D eigenvalue weighted by molar-refractivity contribution is -0.133. The van der Waals surface area contributed by atoms with Gasteiger partial charge < -0.3 is 15.5 Å². The van der Waals surface area contributed by atoms with Gasteiger partial charge in [-0.2, -0.15) is 0 Å². The molecule has 1 saturated heterocycles. The molecule has 0 aromatic carbocycles. The van der Waals surface area contributed by atoms with Gasteiger partial charge in [0, 0.05) is 38.0 Å². The fourth-order valence-electron chi connectivity index (χ4n) is 2.99. The van der Waals surface area contributed by atoms with Gasteiger partial charge in [-0.25, -0.2) is 0 Å². The first-order valence-electron chi connectivity index (χ1n) is 7.38. The summed E-state index contributed by atoms with van der Waals surface area (Å²) in [5.74, 6) is 0.240. The van der Waals surface area contributed by atoms with Crippen LogP contribution in [0, 0.1) is 11.8 Å². The average Bonchev–Trinajstić information content (AvgIpc) is 2.96. The summed E-state index contributed by atoms with van der Waals surface area (Å²) in [7, 11) is 0. The molecule has 1 aliphatic heterocycles. The van der Waals surface area contributed by atoms with Crippen LogP contribution < -0.4 is 10.6 Å².